The van der Waals surface area contributed by atoms with E-state index < -0.39 is 18.0 Å². The third-order valence-corrected chi connectivity index (χ3v) is 6.01. The molecule has 3 rings (SSSR count). The molecule has 0 bridgehead atoms. The van der Waals surface area contributed by atoms with Crippen LogP contribution in [0, 0.1) is 18.3 Å². The van der Waals surface area contributed by atoms with E-state index >= 15 is 0 Å². The van der Waals surface area contributed by atoms with Crippen LogP contribution < -0.4 is 10.6 Å². The van der Waals surface area contributed by atoms with Gasteiger partial charge in [-0.05, 0) is 74.9 Å². The Morgan fingerprint density at radius 1 is 1.15 bits per heavy atom. The van der Waals surface area contributed by atoms with Crippen molar-refractivity contribution in [1.29, 1.82) is 5.26 Å². The predicted octanol–water partition coefficient (Wildman–Crippen LogP) is 3.96. The van der Waals surface area contributed by atoms with Crippen molar-refractivity contribution in [2.45, 2.75) is 45.6 Å². The molecule has 3 amide bonds. The second-order valence-electron chi connectivity index (χ2n) is 8.40. The van der Waals surface area contributed by atoms with E-state index in [-0.39, 0.29) is 12.5 Å². The molecular weight excluding hydrogens is 432 g/mol. The van der Waals surface area contributed by atoms with Crippen LogP contribution in [0.2, 0.25) is 0 Å². The topological polar surface area (TPSA) is 112 Å². The van der Waals surface area contributed by atoms with Crippen LogP contribution in [0.3, 0.4) is 0 Å². The van der Waals surface area contributed by atoms with E-state index in [9.17, 15) is 14.4 Å². The Kier molecular flexibility index (Phi) is 8.25. The van der Waals surface area contributed by atoms with Crippen molar-refractivity contribution in [3.63, 3.8) is 0 Å². The number of nitriles is 1. The van der Waals surface area contributed by atoms with E-state index in [1.165, 1.54) is 5.56 Å². The van der Waals surface area contributed by atoms with Gasteiger partial charge in [0.05, 0.1) is 18.2 Å². The largest absolute Gasteiger partial charge is 0.464 e. The Hall–Kier alpha value is -3.86. The van der Waals surface area contributed by atoms with E-state index in [0.717, 1.165) is 18.4 Å². The molecule has 1 unspecified atom stereocenters. The number of piperidine rings is 1. The standard InChI is InChI=1S/C26H30N4O4/c1-4-34-25(32)18(3)28-26(33)29-23-15-22(8-5-17(23)2)24(31)30-13-11-21(12-14-30)20-9-6-19(16-27)7-10-20/h5-10,15,18,21H,4,11-14H2,1-3H3,(H2,28,29,33). The molecule has 0 saturated carbocycles. The number of carbonyl (C=O) groups is 3. The van der Waals surface area contributed by atoms with Gasteiger partial charge in [0, 0.05) is 24.3 Å². The van der Waals surface area contributed by atoms with Gasteiger partial charge in [-0.1, -0.05) is 18.2 Å². The van der Waals surface area contributed by atoms with Crippen LogP contribution in [0.5, 0.6) is 0 Å². The second kappa shape index (κ2) is 11.3. The fraction of sp³-hybridized carbons (Fsp3) is 0.385. The fourth-order valence-corrected chi connectivity index (χ4v) is 4.00. The number of hydrogen-bond acceptors (Lipinski definition) is 5. The lowest BCUT2D eigenvalue weighted by molar-refractivity contribution is -0.144. The highest BCUT2D eigenvalue weighted by atomic mass is 16.5. The highest BCUT2D eigenvalue weighted by Crippen LogP contribution is 2.29. The van der Waals surface area contributed by atoms with Gasteiger partial charge < -0.3 is 20.3 Å². The van der Waals surface area contributed by atoms with Gasteiger partial charge in [0.15, 0.2) is 0 Å². The lowest BCUT2D eigenvalue weighted by Gasteiger charge is -2.32. The molecule has 0 aromatic heterocycles. The molecule has 178 valence electrons. The summed E-state index contributed by atoms with van der Waals surface area (Å²) in [5, 5.41) is 14.2. The third-order valence-electron chi connectivity index (χ3n) is 6.01. The lowest BCUT2D eigenvalue weighted by Crippen LogP contribution is -2.42. The van der Waals surface area contributed by atoms with Crippen LogP contribution in [0.15, 0.2) is 42.5 Å². The first-order chi connectivity index (χ1) is 16.3. The number of amides is 3. The average molecular weight is 463 g/mol. The Morgan fingerprint density at radius 3 is 2.44 bits per heavy atom. The van der Waals surface area contributed by atoms with E-state index in [1.54, 1.807) is 32.0 Å². The van der Waals surface area contributed by atoms with Crippen LogP contribution in [0.25, 0.3) is 0 Å². The monoisotopic (exact) mass is 462 g/mol. The van der Waals surface area contributed by atoms with Gasteiger partial charge in [-0.15, -0.1) is 0 Å². The van der Waals surface area contributed by atoms with Gasteiger partial charge in [-0.2, -0.15) is 5.26 Å². The van der Waals surface area contributed by atoms with E-state index in [4.69, 9.17) is 10.00 Å². The molecule has 8 nitrogen and oxygen atoms in total. The maximum Gasteiger partial charge on any atom is 0.328 e. The molecule has 1 aliphatic heterocycles. The predicted molar refractivity (Wildman–Crippen MR) is 128 cm³/mol. The Labute approximate surface area is 199 Å². The highest BCUT2D eigenvalue weighted by Gasteiger charge is 2.25. The number of urea groups is 1. The van der Waals surface area contributed by atoms with Crippen molar-refractivity contribution in [3.8, 4) is 6.07 Å². The molecule has 8 heteroatoms. The number of rotatable bonds is 6. The van der Waals surface area contributed by atoms with E-state index in [1.807, 2.05) is 36.1 Å². The van der Waals surface area contributed by atoms with Gasteiger partial charge in [0.2, 0.25) is 0 Å². The quantitative estimate of drug-likeness (QED) is 0.631. The maximum atomic E-state index is 13.1. The first kappa shape index (κ1) is 24.8. The summed E-state index contributed by atoms with van der Waals surface area (Å²) in [6, 6.07) is 13.7. The molecule has 0 radical (unpaired) electrons. The third kappa shape index (κ3) is 6.13. The number of ether oxygens (including phenoxy) is 1. The zero-order chi connectivity index (χ0) is 24.7. The van der Waals surface area contributed by atoms with Gasteiger partial charge >= 0.3 is 12.0 Å². The smallest absolute Gasteiger partial charge is 0.328 e. The van der Waals surface area contributed by atoms with Crippen LogP contribution in [0.4, 0.5) is 10.5 Å². The molecule has 1 saturated heterocycles. The summed E-state index contributed by atoms with van der Waals surface area (Å²) in [6.07, 6.45) is 1.70. The SMILES string of the molecule is CCOC(=O)C(C)NC(=O)Nc1cc(C(=O)N2CCC(c3ccc(C#N)cc3)CC2)ccc1C. The fourth-order valence-electron chi connectivity index (χ4n) is 4.00. The van der Waals surface area contributed by atoms with E-state index in [2.05, 4.69) is 16.7 Å². The van der Waals surface area contributed by atoms with Crippen LogP contribution in [-0.4, -0.2) is 48.5 Å². The average Bonchev–Trinajstić information content (AvgIpc) is 2.85. The highest BCUT2D eigenvalue weighted by molar-refractivity contribution is 5.98. The zero-order valence-corrected chi connectivity index (χ0v) is 19.8. The number of carbonyl (C=O) groups excluding carboxylic acids is 3. The molecule has 1 atom stereocenters. The van der Waals surface area contributed by atoms with E-state index in [0.29, 0.717) is 35.8 Å². The summed E-state index contributed by atoms with van der Waals surface area (Å²) in [6.45, 7) is 6.59. The molecule has 1 fully saturated rings. The molecule has 2 aromatic rings. The van der Waals surface area contributed by atoms with Crippen molar-refractivity contribution in [2.24, 2.45) is 0 Å². The second-order valence-corrected chi connectivity index (χ2v) is 8.40. The van der Waals surface area contributed by atoms with Gasteiger partial charge in [-0.25, -0.2) is 9.59 Å². The minimum atomic E-state index is -0.789. The molecule has 34 heavy (non-hydrogen) atoms. The number of nitrogens with one attached hydrogen (secondary N) is 2. The van der Waals surface area contributed by atoms with Crippen molar-refractivity contribution >= 4 is 23.6 Å². The molecule has 1 aliphatic rings. The summed E-state index contributed by atoms with van der Waals surface area (Å²) in [4.78, 5) is 39.0. The number of nitrogens with zero attached hydrogens (tertiary/aromatic N) is 2. The minimum absolute atomic E-state index is 0.0818. The number of likely N-dealkylation sites (tertiary alicyclic amines) is 1. The first-order valence-electron chi connectivity index (χ1n) is 11.5. The summed E-state index contributed by atoms with van der Waals surface area (Å²) < 4.78 is 4.90. The van der Waals surface area contributed by atoms with Crippen molar-refractivity contribution < 1.29 is 19.1 Å². The molecule has 0 aliphatic carbocycles. The van der Waals surface area contributed by atoms with Crippen LogP contribution in [0.1, 0.15) is 59.7 Å². The Balaban J connectivity index is 1.60. The normalized spacial score (nSPS) is 14.6. The molecule has 2 aromatic carbocycles. The maximum absolute atomic E-state index is 13.1. The molecule has 2 N–H and O–H groups in total. The van der Waals surface area contributed by atoms with Crippen LogP contribution in [-0.2, 0) is 9.53 Å². The van der Waals surface area contributed by atoms with Crippen molar-refractivity contribution in [1.82, 2.24) is 10.2 Å². The lowest BCUT2D eigenvalue weighted by atomic mass is 9.89. The van der Waals surface area contributed by atoms with Gasteiger partial charge in [0.25, 0.3) is 5.91 Å². The minimum Gasteiger partial charge on any atom is -0.464 e. The van der Waals surface area contributed by atoms with Gasteiger partial charge in [-0.3, -0.25) is 4.79 Å². The zero-order valence-electron chi connectivity index (χ0n) is 19.8. The Bertz CT molecular complexity index is 1080. The summed E-state index contributed by atoms with van der Waals surface area (Å²) in [7, 11) is 0. The Morgan fingerprint density at radius 2 is 1.82 bits per heavy atom. The van der Waals surface area contributed by atoms with Crippen molar-refractivity contribution in [3.05, 3.63) is 64.7 Å². The van der Waals surface area contributed by atoms with Gasteiger partial charge in [0.1, 0.15) is 6.04 Å². The summed E-state index contributed by atoms with van der Waals surface area (Å²) in [5.41, 5.74) is 3.64. The number of anilines is 1. The molecule has 0 spiro atoms. The molecular formula is C26H30N4O4. The summed E-state index contributed by atoms with van der Waals surface area (Å²) in [5.74, 6) is -0.235. The molecule has 1 heterocycles. The number of benzene rings is 2. The van der Waals surface area contributed by atoms with Crippen molar-refractivity contribution in [2.75, 3.05) is 25.0 Å². The number of hydrogen-bond donors (Lipinski definition) is 2. The number of esters is 1. The van der Waals surface area contributed by atoms with Crippen LogP contribution >= 0.6 is 0 Å². The number of aryl methyl sites for hydroxylation is 1. The first-order valence-corrected chi connectivity index (χ1v) is 11.5. The summed E-state index contributed by atoms with van der Waals surface area (Å²) >= 11 is 0.